The number of aryl methyl sites for hydroxylation is 3. The standard InChI is InChI=1S/C21H25NO3/c1-14-10-16(11-15(2)21(14)25-13-20(23)24-3)12-22-19-9-8-17-6-4-5-7-18(17)19/h4-7,10-11,19,22H,8-9,12-13H2,1-3H3. The number of fused-ring (bicyclic) bond motifs is 1. The zero-order valence-electron chi connectivity index (χ0n) is 15.1. The molecule has 1 aliphatic rings. The second-order valence-corrected chi connectivity index (χ2v) is 6.59. The predicted molar refractivity (Wildman–Crippen MR) is 97.8 cm³/mol. The molecule has 4 nitrogen and oxygen atoms in total. The van der Waals surface area contributed by atoms with E-state index in [9.17, 15) is 4.79 Å². The molecule has 0 saturated heterocycles. The van der Waals surface area contributed by atoms with Crippen molar-refractivity contribution in [3.05, 3.63) is 64.2 Å². The highest BCUT2D eigenvalue weighted by Crippen LogP contribution is 2.31. The van der Waals surface area contributed by atoms with Gasteiger partial charge in [0.05, 0.1) is 7.11 Å². The highest BCUT2D eigenvalue weighted by atomic mass is 16.6. The molecular formula is C21H25NO3. The lowest BCUT2D eigenvalue weighted by atomic mass is 10.0. The number of carbonyl (C=O) groups excluding carboxylic acids is 1. The van der Waals surface area contributed by atoms with Gasteiger partial charge >= 0.3 is 5.97 Å². The molecule has 0 aliphatic heterocycles. The summed E-state index contributed by atoms with van der Waals surface area (Å²) in [5.74, 6) is 0.393. The Balaban J connectivity index is 1.65. The summed E-state index contributed by atoms with van der Waals surface area (Å²) in [5.41, 5.74) is 6.18. The molecule has 0 radical (unpaired) electrons. The number of nitrogens with one attached hydrogen (secondary N) is 1. The second-order valence-electron chi connectivity index (χ2n) is 6.59. The van der Waals surface area contributed by atoms with Crippen LogP contribution in [0.4, 0.5) is 0 Å². The Bertz CT molecular complexity index is 746. The minimum atomic E-state index is -0.371. The maximum Gasteiger partial charge on any atom is 0.343 e. The summed E-state index contributed by atoms with van der Waals surface area (Å²) in [7, 11) is 1.36. The highest BCUT2D eigenvalue weighted by molar-refractivity contribution is 5.71. The van der Waals surface area contributed by atoms with Gasteiger partial charge < -0.3 is 14.8 Å². The van der Waals surface area contributed by atoms with Crippen LogP contribution in [0.3, 0.4) is 0 Å². The molecule has 2 aromatic rings. The lowest BCUT2D eigenvalue weighted by Gasteiger charge is -2.17. The fraction of sp³-hybridized carbons (Fsp3) is 0.381. The van der Waals surface area contributed by atoms with Gasteiger partial charge in [-0.3, -0.25) is 0 Å². The number of methoxy groups -OCH3 is 1. The number of benzene rings is 2. The van der Waals surface area contributed by atoms with E-state index in [0.717, 1.165) is 36.3 Å². The van der Waals surface area contributed by atoms with Crippen LogP contribution in [0, 0.1) is 13.8 Å². The second kappa shape index (κ2) is 7.70. The minimum Gasteiger partial charge on any atom is -0.481 e. The first kappa shape index (κ1) is 17.5. The molecule has 25 heavy (non-hydrogen) atoms. The number of rotatable bonds is 6. The average Bonchev–Trinajstić information content (AvgIpc) is 3.02. The lowest BCUT2D eigenvalue weighted by Crippen LogP contribution is -2.19. The molecule has 1 atom stereocenters. The average molecular weight is 339 g/mol. The Morgan fingerprint density at radius 1 is 1.20 bits per heavy atom. The van der Waals surface area contributed by atoms with Gasteiger partial charge in [-0.1, -0.05) is 36.4 Å². The van der Waals surface area contributed by atoms with Gasteiger partial charge in [-0.05, 0) is 54.5 Å². The van der Waals surface area contributed by atoms with Crippen molar-refractivity contribution in [2.75, 3.05) is 13.7 Å². The van der Waals surface area contributed by atoms with Gasteiger partial charge in [-0.25, -0.2) is 4.79 Å². The van der Waals surface area contributed by atoms with Gasteiger partial charge in [-0.2, -0.15) is 0 Å². The number of carbonyl (C=O) groups is 1. The number of esters is 1. The monoisotopic (exact) mass is 339 g/mol. The van der Waals surface area contributed by atoms with Gasteiger partial charge in [0.15, 0.2) is 6.61 Å². The third-order valence-electron chi connectivity index (χ3n) is 4.77. The van der Waals surface area contributed by atoms with E-state index in [2.05, 4.69) is 46.5 Å². The van der Waals surface area contributed by atoms with Crippen molar-refractivity contribution in [3.63, 3.8) is 0 Å². The van der Waals surface area contributed by atoms with Crippen LogP contribution in [0.1, 0.15) is 40.3 Å². The van der Waals surface area contributed by atoms with Crippen LogP contribution in [0.5, 0.6) is 5.75 Å². The Hall–Kier alpha value is -2.33. The summed E-state index contributed by atoms with van der Waals surface area (Å²) in [6.45, 7) is 4.77. The molecular weight excluding hydrogens is 314 g/mol. The minimum absolute atomic E-state index is 0.0609. The van der Waals surface area contributed by atoms with Crippen LogP contribution >= 0.6 is 0 Å². The van der Waals surface area contributed by atoms with E-state index in [1.807, 2.05) is 13.8 Å². The third kappa shape index (κ3) is 4.02. The van der Waals surface area contributed by atoms with Crippen molar-refractivity contribution >= 4 is 5.97 Å². The first-order valence-corrected chi connectivity index (χ1v) is 8.69. The van der Waals surface area contributed by atoms with E-state index in [1.165, 1.54) is 23.8 Å². The Labute approximate surface area is 149 Å². The Kier molecular flexibility index (Phi) is 5.39. The molecule has 1 unspecified atom stereocenters. The SMILES string of the molecule is COC(=O)COc1c(C)cc(CNC2CCc3ccccc32)cc1C. The molecule has 1 aliphatic carbocycles. The quantitative estimate of drug-likeness (QED) is 0.817. The molecule has 1 N–H and O–H groups in total. The van der Waals surface area contributed by atoms with Crippen molar-refractivity contribution in [3.8, 4) is 5.75 Å². The highest BCUT2D eigenvalue weighted by Gasteiger charge is 2.21. The molecule has 2 aromatic carbocycles. The van der Waals surface area contributed by atoms with E-state index >= 15 is 0 Å². The van der Waals surface area contributed by atoms with Crippen LogP contribution < -0.4 is 10.1 Å². The summed E-state index contributed by atoms with van der Waals surface area (Å²) in [4.78, 5) is 11.3. The van der Waals surface area contributed by atoms with Crippen molar-refractivity contribution < 1.29 is 14.3 Å². The number of hydrogen-bond donors (Lipinski definition) is 1. The molecule has 0 amide bonds. The van der Waals surface area contributed by atoms with E-state index in [-0.39, 0.29) is 12.6 Å². The molecule has 0 aromatic heterocycles. The summed E-state index contributed by atoms with van der Waals surface area (Å²) in [6, 6.07) is 13.3. The summed E-state index contributed by atoms with van der Waals surface area (Å²) < 4.78 is 10.2. The molecule has 0 bridgehead atoms. The molecule has 3 rings (SSSR count). The number of ether oxygens (including phenoxy) is 2. The van der Waals surface area contributed by atoms with Crippen LogP contribution in [0.15, 0.2) is 36.4 Å². The van der Waals surface area contributed by atoms with Gasteiger partial charge in [0.2, 0.25) is 0 Å². The molecule has 132 valence electrons. The molecule has 0 fully saturated rings. The lowest BCUT2D eigenvalue weighted by molar-refractivity contribution is -0.142. The van der Waals surface area contributed by atoms with E-state index in [1.54, 1.807) is 0 Å². The largest absolute Gasteiger partial charge is 0.481 e. The fourth-order valence-corrected chi connectivity index (χ4v) is 3.57. The van der Waals surface area contributed by atoms with Crippen LogP contribution in [0.2, 0.25) is 0 Å². The Morgan fingerprint density at radius 2 is 1.92 bits per heavy atom. The van der Waals surface area contributed by atoms with Crippen LogP contribution in [0.25, 0.3) is 0 Å². The molecule has 0 saturated carbocycles. The normalized spacial score (nSPS) is 15.7. The first-order valence-electron chi connectivity index (χ1n) is 8.69. The molecule has 0 spiro atoms. The van der Waals surface area contributed by atoms with E-state index in [0.29, 0.717) is 6.04 Å². The maximum absolute atomic E-state index is 11.3. The smallest absolute Gasteiger partial charge is 0.343 e. The zero-order chi connectivity index (χ0) is 17.8. The molecule has 0 heterocycles. The van der Waals surface area contributed by atoms with Gasteiger partial charge in [0.1, 0.15) is 5.75 Å². The fourth-order valence-electron chi connectivity index (χ4n) is 3.57. The summed E-state index contributed by atoms with van der Waals surface area (Å²) >= 11 is 0. The van der Waals surface area contributed by atoms with Crippen molar-refractivity contribution in [1.29, 1.82) is 0 Å². The van der Waals surface area contributed by atoms with Crippen molar-refractivity contribution in [2.24, 2.45) is 0 Å². The van der Waals surface area contributed by atoms with Crippen molar-refractivity contribution in [2.45, 2.75) is 39.3 Å². The van der Waals surface area contributed by atoms with Crippen LogP contribution in [-0.4, -0.2) is 19.7 Å². The first-order chi connectivity index (χ1) is 12.1. The van der Waals surface area contributed by atoms with Crippen LogP contribution in [-0.2, 0) is 22.5 Å². The van der Waals surface area contributed by atoms with Crippen molar-refractivity contribution in [1.82, 2.24) is 5.32 Å². The maximum atomic E-state index is 11.3. The van der Waals surface area contributed by atoms with E-state index in [4.69, 9.17) is 4.74 Å². The predicted octanol–water partition coefficient (Wildman–Crippen LogP) is 3.63. The Morgan fingerprint density at radius 3 is 2.64 bits per heavy atom. The van der Waals surface area contributed by atoms with Gasteiger partial charge in [0.25, 0.3) is 0 Å². The van der Waals surface area contributed by atoms with E-state index < -0.39 is 0 Å². The summed E-state index contributed by atoms with van der Waals surface area (Å²) in [5, 5.41) is 3.67. The molecule has 4 heteroatoms. The van der Waals surface area contributed by atoms with Gasteiger partial charge in [-0.15, -0.1) is 0 Å². The third-order valence-corrected chi connectivity index (χ3v) is 4.77. The summed E-state index contributed by atoms with van der Waals surface area (Å²) in [6.07, 6.45) is 2.30. The topological polar surface area (TPSA) is 47.6 Å². The van der Waals surface area contributed by atoms with Gasteiger partial charge in [0, 0.05) is 12.6 Å². The number of hydrogen-bond acceptors (Lipinski definition) is 4. The zero-order valence-corrected chi connectivity index (χ0v) is 15.1.